The fraction of sp³-hybridized carbons (Fsp3) is 0.538. The normalized spacial score (nSPS) is 23.2. The Bertz CT molecular complexity index is 377. The van der Waals surface area contributed by atoms with Crippen molar-refractivity contribution in [3.8, 4) is 0 Å². The molecule has 1 N–H and O–H groups in total. The number of rotatable bonds is 1. The van der Waals surface area contributed by atoms with Gasteiger partial charge < -0.3 is 10.2 Å². The average Bonchev–Trinajstić information content (AvgIpc) is 2.27. The lowest BCUT2D eigenvalue weighted by Gasteiger charge is -2.53. The largest absolute Gasteiger partial charge is 0.370 e. The van der Waals surface area contributed by atoms with Gasteiger partial charge in [-0.1, -0.05) is 6.07 Å². The van der Waals surface area contributed by atoms with E-state index in [9.17, 15) is 4.39 Å². The Morgan fingerprint density at radius 3 is 2.62 bits per heavy atom. The number of nitrogens with one attached hydrogen (secondary N) is 1. The second kappa shape index (κ2) is 3.74. The molecular formula is C13H17FN2. The fourth-order valence-corrected chi connectivity index (χ4v) is 2.89. The number of benzene rings is 1. The SMILES string of the molecule is Fc1cccc(N2CC3(CCNCC3)C2)c1. The Balaban J connectivity index is 1.68. The second-order valence-electron chi connectivity index (χ2n) is 5.09. The zero-order chi connectivity index (χ0) is 11.0. The molecule has 3 heteroatoms. The molecule has 16 heavy (non-hydrogen) atoms. The summed E-state index contributed by atoms with van der Waals surface area (Å²) in [5.41, 5.74) is 1.54. The maximum absolute atomic E-state index is 13.1. The Labute approximate surface area is 95.4 Å². The number of piperidine rings is 1. The van der Waals surface area contributed by atoms with Crippen LogP contribution in [0.4, 0.5) is 10.1 Å². The summed E-state index contributed by atoms with van der Waals surface area (Å²) >= 11 is 0. The lowest BCUT2D eigenvalue weighted by molar-refractivity contribution is 0.150. The van der Waals surface area contributed by atoms with Crippen LogP contribution >= 0.6 is 0 Å². The van der Waals surface area contributed by atoms with Crippen molar-refractivity contribution in [3.63, 3.8) is 0 Å². The molecule has 2 aliphatic heterocycles. The van der Waals surface area contributed by atoms with E-state index in [1.807, 2.05) is 6.07 Å². The van der Waals surface area contributed by atoms with Crippen LogP contribution < -0.4 is 10.2 Å². The monoisotopic (exact) mass is 220 g/mol. The third-order valence-corrected chi connectivity index (χ3v) is 3.89. The Morgan fingerprint density at radius 2 is 1.94 bits per heavy atom. The molecule has 0 atom stereocenters. The molecule has 2 heterocycles. The second-order valence-corrected chi connectivity index (χ2v) is 5.09. The summed E-state index contributed by atoms with van der Waals surface area (Å²) in [5, 5.41) is 3.39. The summed E-state index contributed by atoms with van der Waals surface area (Å²) in [6, 6.07) is 6.92. The Morgan fingerprint density at radius 1 is 1.19 bits per heavy atom. The fourth-order valence-electron chi connectivity index (χ4n) is 2.89. The van der Waals surface area contributed by atoms with Crippen LogP contribution in [0.2, 0.25) is 0 Å². The van der Waals surface area contributed by atoms with Crippen molar-refractivity contribution >= 4 is 5.69 Å². The average molecular weight is 220 g/mol. The van der Waals surface area contributed by atoms with Gasteiger partial charge in [0.1, 0.15) is 5.82 Å². The highest BCUT2D eigenvalue weighted by atomic mass is 19.1. The summed E-state index contributed by atoms with van der Waals surface area (Å²) < 4.78 is 13.1. The lowest BCUT2D eigenvalue weighted by Crippen LogP contribution is -2.60. The van der Waals surface area contributed by atoms with E-state index in [1.165, 1.54) is 18.9 Å². The summed E-state index contributed by atoms with van der Waals surface area (Å²) in [5.74, 6) is -0.135. The predicted molar refractivity (Wildman–Crippen MR) is 63.1 cm³/mol. The highest BCUT2D eigenvalue weighted by Gasteiger charge is 2.43. The van der Waals surface area contributed by atoms with Gasteiger partial charge in [-0.25, -0.2) is 4.39 Å². The number of halogens is 1. The van der Waals surface area contributed by atoms with Crippen LogP contribution in [-0.2, 0) is 0 Å². The zero-order valence-corrected chi connectivity index (χ0v) is 9.38. The van der Waals surface area contributed by atoms with Crippen LogP contribution in [0, 0.1) is 11.2 Å². The van der Waals surface area contributed by atoms with E-state index in [4.69, 9.17) is 0 Å². The summed E-state index contributed by atoms with van der Waals surface area (Å²) in [4.78, 5) is 2.29. The predicted octanol–water partition coefficient (Wildman–Crippen LogP) is 2.02. The van der Waals surface area contributed by atoms with Crippen molar-refractivity contribution in [3.05, 3.63) is 30.1 Å². The van der Waals surface area contributed by atoms with E-state index in [1.54, 1.807) is 12.1 Å². The van der Waals surface area contributed by atoms with Crippen LogP contribution in [0.1, 0.15) is 12.8 Å². The van der Waals surface area contributed by atoms with Crippen molar-refractivity contribution in [1.29, 1.82) is 0 Å². The van der Waals surface area contributed by atoms with Gasteiger partial charge in [-0.05, 0) is 44.1 Å². The van der Waals surface area contributed by atoms with Gasteiger partial charge in [0.2, 0.25) is 0 Å². The zero-order valence-electron chi connectivity index (χ0n) is 9.38. The molecule has 2 fully saturated rings. The van der Waals surface area contributed by atoms with E-state index in [-0.39, 0.29) is 5.82 Å². The quantitative estimate of drug-likeness (QED) is 0.779. The first-order valence-corrected chi connectivity index (χ1v) is 5.99. The van der Waals surface area contributed by atoms with Crippen molar-refractivity contribution in [1.82, 2.24) is 5.32 Å². The smallest absolute Gasteiger partial charge is 0.125 e. The molecule has 2 aliphatic rings. The van der Waals surface area contributed by atoms with Crippen LogP contribution in [0.25, 0.3) is 0 Å². The third kappa shape index (κ3) is 1.69. The molecule has 0 unspecified atom stereocenters. The van der Waals surface area contributed by atoms with Gasteiger partial charge in [0, 0.05) is 24.2 Å². The number of nitrogens with zero attached hydrogens (tertiary/aromatic N) is 1. The van der Waals surface area contributed by atoms with Crippen molar-refractivity contribution in [2.45, 2.75) is 12.8 Å². The van der Waals surface area contributed by atoms with Crippen molar-refractivity contribution in [2.24, 2.45) is 5.41 Å². The van der Waals surface area contributed by atoms with Crippen LogP contribution in [-0.4, -0.2) is 26.2 Å². The highest BCUT2D eigenvalue weighted by Crippen LogP contribution is 2.41. The minimum absolute atomic E-state index is 0.135. The van der Waals surface area contributed by atoms with Gasteiger partial charge in [-0.15, -0.1) is 0 Å². The van der Waals surface area contributed by atoms with E-state index in [0.29, 0.717) is 5.41 Å². The first kappa shape index (κ1) is 10.1. The van der Waals surface area contributed by atoms with Gasteiger partial charge in [0.15, 0.2) is 0 Å². The molecule has 0 aliphatic carbocycles. The van der Waals surface area contributed by atoms with E-state index in [0.717, 1.165) is 31.9 Å². The molecule has 0 aromatic heterocycles. The molecular weight excluding hydrogens is 203 g/mol. The Kier molecular flexibility index (Phi) is 2.36. The number of hydrogen-bond acceptors (Lipinski definition) is 2. The number of hydrogen-bond donors (Lipinski definition) is 1. The molecule has 86 valence electrons. The van der Waals surface area contributed by atoms with E-state index in [2.05, 4.69) is 10.2 Å². The number of anilines is 1. The third-order valence-electron chi connectivity index (χ3n) is 3.89. The van der Waals surface area contributed by atoms with E-state index >= 15 is 0 Å². The maximum Gasteiger partial charge on any atom is 0.125 e. The minimum atomic E-state index is -0.135. The van der Waals surface area contributed by atoms with Gasteiger partial charge in [0.25, 0.3) is 0 Å². The summed E-state index contributed by atoms with van der Waals surface area (Å²) in [6.07, 6.45) is 2.53. The standard InChI is InChI=1S/C13H17FN2/c14-11-2-1-3-12(8-11)16-9-13(10-16)4-6-15-7-5-13/h1-3,8,15H,4-7,9-10H2. The van der Waals surface area contributed by atoms with Crippen LogP contribution in [0.5, 0.6) is 0 Å². The van der Waals surface area contributed by atoms with Gasteiger partial charge in [-0.3, -0.25) is 0 Å². The van der Waals surface area contributed by atoms with Gasteiger partial charge >= 0.3 is 0 Å². The van der Waals surface area contributed by atoms with Gasteiger partial charge in [0.05, 0.1) is 0 Å². The molecule has 1 spiro atoms. The Hall–Kier alpha value is -1.09. The topological polar surface area (TPSA) is 15.3 Å². The lowest BCUT2D eigenvalue weighted by atomic mass is 9.72. The first-order valence-electron chi connectivity index (χ1n) is 5.99. The van der Waals surface area contributed by atoms with Gasteiger partial charge in [-0.2, -0.15) is 0 Å². The molecule has 3 rings (SSSR count). The van der Waals surface area contributed by atoms with Crippen LogP contribution in [0.15, 0.2) is 24.3 Å². The van der Waals surface area contributed by atoms with Crippen molar-refractivity contribution < 1.29 is 4.39 Å². The van der Waals surface area contributed by atoms with E-state index < -0.39 is 0 Å². The maximum atomic E-state index is 13.1. The summed E-state index contributed by atoms with van der Waals surface area (Å²) in [6.45, 7) is 4.46. The molecule has 0 bridgehead atoms. The molecule has 2 saturated heterocycles. The molecule has 0 saturated carbocycles. The minimum Gasteiger partial charge on any atom is -0.370 e. The summed E-state index contributed by atoms with van der Waals surface area (Å²) in [7, 11) is 0. The molecule has 0 radical (unpaired) electrons. The molecule has 0 amide bonds. The molecule has 1 aromatic carbocycles. The first-order chi connectivity index (χ1) is 7.77. The van der Waals surface area contributed by atoms with Crippen LogP contribution in [0.3, 0.4) is 0 Å². The highest BCUT2D eigenvalue weighted by molar-refractivity contribution is 5.50. The van der Waals surface area contributed by atoms with Crippen molar-refractivity contribution in [2.75, 3.05) is 31.1 Å². The molecule has 2 nitrogen and oxygen atoms in total. The molecule has 1 aromatic rings.